The van der Waals surface area contributed by atoms with Crippen LogP contribution < -0.4 is 0 Å². The van der Waals surface area contributed by atoms with Crippen LogP contribution in [0.3, 0.4) is 0 Å². The summed E-state index contributed by atoms with van der Waals surface area (Å²) >= 11 is 9.26. The molecule has 1 rings (SSSR count). The van der Waals surface area contributed by atoms with Gasteiger partial charge in [0.25, 0.3) is 0 Å². The molecule has 1 nitrogen and oxygen atoms in total. The molecule has 62 valence electrons. The first-order valence-electron chi connectivity index (χ1n) is 2.63. The summed E-state index contributed by atoms with van der Waals surface area (Å²) < 4.78 is 5.12. The van der Waals surface area contributed by atoms with E-state index < -0.39 is 0 Å². The molecule has 1 heterocycles. The molecule has 0 spiro atoms. The maximum atomic E-state index is 5.12. The van der Waals surface area contributed by atoms with Crippen molar-refractivity contribution >= 4 is 71.7 Å². The number of hydrogen-bond acceptors (Lipinski definition) is 2. The van der Waals surface area contributed by atoms with Crippen molar-refractivity contribution in [1.29, 1.82) is 0 Å². The van der Waals surface area contributed by atoms with Crippen molar-refractivity contribution in [2.24, 2.45) is 0 Å². The molecule has 1 unspecified atom stereocenters. The molecule has 0 bridgehead atoms. The Hall–Kier alpha value is 3.08. The van der Waals surface area contributed by atoms with E-state index in [0.717, 1.165) is 6.61 Å². The summed E-state index contributed by atoms with van der Waals surface area (Å²) in [5.41, 5.74) is 0.463. The third kappa shape index (κ3) is 11.1. The zero-order valence-electron chi connectivity index (χ0n) is 5.39. The van der Waals surface area contributed by atoms with Crippen molar-refractivity contribution in [3.05, 3.63) is 0 Å². The fraction of sp³-hybridized carbons (Fsp3) is 1.00. The molecule has 0 amide bonds. The van der Waals surface area contributed by atoms with Crippen molar-refractivity contribution in [3.8, 4) is 0 Å². The van der Waals surface area contributed by atoms with Crippen molar-refractivity contribution in [1.82, 2.24) is 0 Å². The Bertz CT molecular complexity index is 76.1. The number of halogens is 3. The van der Waals surface area contributed by atoms with Gasteiger partial charge in [-0.1, -0.05) is 0 Å². The molecule has 10 heavy (non-hydrogen) atoms. The van der Waals surface area contributed by atoms with Crippen molar-refractivity contribution in [2.45, 2.75) is 12.4 Å². The molecular formula is C4H8I3OSV. The first-order chi connectivity index (χ1) is 4.63. The third-order valence-electron chi connectivity index (χ3n) is 0.788. The second kappa shape index (κ2) is 8.67. The minimum atomic E-state index is -0.278. The summed E-state index contributed by atoms with van der Waals surface area (Å²) in [4.78, 5) is -0.278. The van der Waals surface area contributed by atoms with E-state index in [1.54, 1.807) is 0 Å². The molecule has 0 N–H and O–H groups in total. The molecular weight excluding hydrogens is 528 g/mol. The van der Waals surface area contributed by atoms with Crippen LogP contribution in [0.25, 0.3) is 0 Å². The molecule has 1 saturated heterocycles. The van der Waals surface area contributed by atoms with Gasteiger partial charge in [-0.2, -0.15) is 0 Å². The van der Waals surface area contributed by atoms with Gasteiger partial charge in [0, 0.05) is 5.75 Å². The predicted octanol–water partition coefficient (Wildman–Crippen LogP) is 3.75. The molecule has 1 aliphatic rings. The topological polar surface area (TPSA) is 9.23 Å². The van der Waals surface area contributed by atoms with E-state index in [1.165, 1.54) is 5.75 Å². The van der Waals surface area contributed by atoms with Gasteiger partial charge in [0.15, 0.2) is 0 Å². The van der Waals surface area contributed by atoms with Gasteiger partial charge in [0.05, 0.1) is 6.61 Å². The Morgan fingerprint density at radius 3 is 2.10 bits per heavy atom. The Kier molecular flexibility index (Phi) is 11.3. The Morgan fingerprint density at radius 1 is 1.50 bits per heavy atom. The molecule has 1 atom stereocenters. The SMILES string of the molecule is CC1OCCS1.[I][V]([I])[I]. The third-order valence-corrected chi connectivity index (χ3v) is 1.80. The molecule has 1 aliphatic heterocycles. The second-order valence-electron chi connectivity index (χ2n) is 1.50. The zero-order valence-corrected chi connectivity index (χ0v) is 14.1. The number of ether oxygens (including phenoxy) is 1. The van der Waals surface area contributed by atoms with Crippen LogP contribution in [0.2, 0.25) is 0 Å². The van der Waals surface area contributed by atoms with Crippen LogP contribution in [0.4, 0.5) is 0 Å². The average molecular weight is 536 g/mol. The van der Waals surface area contributed by atoms with Gasteiger partial charge in [0.1, 0.15) is 5.44 Å². The first kappa shape index (κ1) is 13.1. The van der Waals surface area contributed by atoms with Gasteiger partial charge in [0.2, 0.25) is 0 Å². The number of rotatable bonds is 0. The Balaban J connectivity index is 0.000000180. The van der Waals surface area contributed by atoms with E-state index >= 15 is 0 Å². The first-order valence-corrected chi connectivity index (χ1v) is 17.2. The molecule has 0 aromatic rings. The van der Waals surface area contributed by atoms with Gasteiger partial charge < -0.3 is 4.74 Å². The van der Waals surface area contributed by atoms with Gasteiger partial charge in [-0.3, -0.25) is 0 Å². The second-order valence-corrected chi connectivity index (χ2v) is 38.3. The van der Waals surface area contributed by atoms with Crippen LogP contribution in [0.1, 0.15) is 6.92 Å². The van der Waals surface area contributed by atoms with Crippen molar-refractivity contribution < 1.29 is 9.66 Å². The molecule has 1 fully saturated rings. The van der Waals surface area contributed by atoms with E-state index in [2.05, 4.69) is 66.9 Å². The van der Waals surface area contributed by atoms with Crippen LogP contribution >= 0.6 is 71.7 Å². The van der Waals surface area contributed by atoms with E-state index in [9.17, 15) is 0 Å². The fourth-order valence-electron chi connectivity index (χ4n) is 0.476. The average Bonchev–Trinajstić information content (AvgIpc) is 2.15. The van der Waals surface area contributed by atoms with Crippen molar-refractivity contribution in [2.75, 3.05) is 12.4 Å². The van der Waals surface area contributed by atoms with Gasteiger partial charge >= 0.3 is 64.9 Å². The van der Waals surface area contributed by atoms with E-state index in [1.807, 2.05) is 11.8 Å². The molecule has 0 aromatic carbocycles. The number of hydrogen-bond donors (Lipinski definition) is 0. The molecule has 0 aromatic heterocycles. The van der Waals surface area contributed by atoms with E-state index in [0.29, 0.717) is 5.44 Å². The van der Waals surface area contributed by atoms with Crippen LogP contribution in [-0.4, -0.2) is 17.8 Å². The monoisotopic (exact) mass is 536 g/mol. The summed E-state index contributed by atoms with van der Waals surface area (Å²) in [7, 11) is 0. The summed E-state index contributed by atoms with van der Waals surface area (Å²) in [6.07, 6.45) is 0. The van der Waals surface area contributed by atoms with E-state index in [4.69, 9.17) is 4.74 Å². The normalized spacial score (nSPS) is 24.3. The van der Waals surface area contributed by atoms with Crippen molar-refractivity contribution in [3.63, 3.8) is 0 Å². The summed E-state index contributed by atoms with van der Waals surface area (Å²) in [6.45, 7) is 3.03. The predicted molar refractivity (Wildman–Crippen MR) is 69.9 cm³/mol. The Labute approximate surface area is 104 Å². The summed E-state index contributed by atoms with van der Waals surface area (Å²) in [5.74, 6) is 1.18. The molecule has 0 saturated carbocycles. The zero-order chi connectivity index (χ0) is 7.98. The van der Waals surface area contributed by atoms with Gasteiger partial charge in [-0.15, -0.1) is 11.8 Å². The van der Waals surface area contributed by atoms with Crippen LogP contribution in [-0.2, 0) is 9.66 Å². The summed E-state index contributed by atoms with van der Waals surface area (Å²) in [5, 5.41) is 0. The fourth-order valence-corrected chi connectivity index (χ4v) is 1.19. The molecule has 0 aliphatic carbocycles. The maximum absolute atomic E-state index is 5.12. The van der Waals surface area contributed by atoms with Gasteiger partial charge in [-0.25, -0.2) is 0 Å². The Morgan fingerprint density at radius 2 is 2.00 bits per heavy atom. The number of thioether (sulfide) groups is 1. The molecule has 0 radical (unpaired) electrons. The summed E-state index contributed by atoms with van der Waals surface area (Å²) in [6, 6.07) is 0. The van der Waals surface area contributed by atoms with Gasteiger partial charge in [-0.05, 0) is 6.92 Å². The van der Waals surface area contributed by atoms with Crippen LogP contribution in [0.5, 0.6) is 0 Å². The quantitative estimate of drug-likeness (QED) is 0.437. The van der Waals surface area contributed by atoms with E-state index in [-0.39, 0.29) is 4.92 Å². The molecule has 6 heteroatoms. The standard InChI is InChI=1S/C4H8OS.3HI.V/c1-4-5-2-3-6-4;;;;/h4H,2-3H2,1H3;3*1H;/q;;;;+3/p-3. The van der Waals surface area contributed by atoms with Crippen LogP contribution in [0.15, 0.2) is 0 Å². The minimum absolute atomic E-state index is 0.278. The van der Waals surface area contributed by atoms with Crippen LogP contribution in [0, 0.1) is 0 Å².